The highest BCUT2D eigenvalue weighted by Crippen LogP contribution is 2.16. The van der Waals surface area contributed by atoms with Crippen LogP contribution < -0.4 is 0 Å². The second-order valence-electron chi connectivity index (χ2n) is 4.90. The topological polar surface area (TPSA) is 31.9 Å². The van der Waals surface area contributed by atoms with Crippen LogP contribution in [-0.2, 0) is 13.0 Å². The number of aromatic amines is 1. The van der Waals surface area contributed by atoms with E-state index in [1.807, 2.05) is 6.20 Å². The molecule has 0 unspecified atom stereocenters. The first-order valence-electron chi connectivity index (χ1n) is 5.94. The van der Waals surface area contributed by atoms with Gasteiger partial charge < -0.3 is 4.98 Å². The molecule has 3 nitrogen and oxygen atoms in total. The third-order valence-electron chi connectivity index (χ3n) is 3.08. The molecule has 2 heterocycles. The average Bonchev–Trinajstić information content (AvgIpc) is 2.25. The summed E-state index contributed by atoms with van der Waals surface area (Å²) < 4.78 is 0.601. The molecular weight excluding hydrogens is 218 g/mol. The molecule has 0 amide bonds. The lowest BCUT2D eigenvalue weighted by atomic mass is 10.1. The van der Waals surface area contributed by atoms with Crippen molar-refractivity contribution >= 4 is 12.2 Å². The van der Waals surface area contributed by atoms with Gasteiger partial charge >= 0.3 is 0 Å². The van der Waals surface area contributed by atoms with Gasteiger partial charge in [-0.1, -0.05) is 13.8 Å². The molecule has 0 radical (unpaired) electrons. The van der Waals surface area contributed by atoms with Gasteiger partial charge in [-0.2, -0.15) is 0 Å². The van der Waals surface area contributed by atoms with Crippen LogP contribution in [-0.4, -0.2) is 28.0 Å². The lowest BCUT2D eigenvalue weighted by Gasteiger charge is -2.28. The fourth-order valence-corrected chi connectivity index (χ4v) is 2.20. The Morgan fingerprint density at radius 2 is 2.38 bits per heavy atom. The van der Waals surface area contributed by atoms with Crippen molar-refractivity contribution in [2.24, 2.45) is 5.92 Å². The van der Waals surface area contributed by atoms with E-state index in [2.05, 4.69) is 28.7 Å². The van der Waals surface area contributed by atoms with E-state index in [4.69, 9.17) is 12.2 Å². The van der Waals surface area contributed by atoms with Crippen LogP contribution in [0.1, 0.15) is 31.5 Å². The number of nitrogens with zero attached hydrogens (tertiary/aromatic N) is 2. The summed E-state index contributed by atoms with van der Waals surface area (Å²) in [5.41, 5.74) is 2.59. The van der Waals surface area contributed by atoms with Crippen molar-refractivity contribution in [3.8, 4) is 0 Å². The van der Waals surface area contributed by atoms with E-state index in [0.29, 0.717) is 4.77 Å². The molecule has 1 aliphatic rings. The van der Waals surface area contributed by atoms with Crippen LogP contribution in [0.4, 0.5) is 0 Å². The third kappa shape index (κ3) is 2.89. The number of nitrogens with one attached hydrogen (secondary N) is 1. The number of hydrogen-bond acceptors (Lipinski definition) is 3. The summed E-state index contributed by atoms with van der Waals surface area (Å²) in [6, 6.07) is 0. The molecule has 16 heavy (non-hydrogen) atoms. The first kappa shape index (κ1) is 11.7. The van der Waals surface area contributed by atoms with Crippen LogP contribution in [0.15, 0.2) is 6.20 Å². The van der Waals surface area contributed by atoms with E-state index >= 15 is 0 Å². The van der Waals surface area contributed by atoms with E-state index in [1.165, 1.54) is 24.2 Å². The highest BCUT2D eigenvalue weighted by Gasteiger charge is 2.16. The number of aromatic nitrogens is 2. The van der Waals surface area contributed by atoms with Gasteiger partial charge in [-0.3, -0.25) is 4.90 Å². The van der Waals surface area contributed by atoms with Crippen LogP contribution in [0.25, 0.3) is 0 Å². The van der Waals surface area contributed by atoms with E-state index in [1.54, 1.807) is 0 Å². The fraction of sp³-hybridized carbons (Fsp3) is 0.667. The smallest absolute Gasteiger partial charge is 0.196 e. The molecule has 1 N–H and O–H groups in total. The van der Waals surface area contributed by atoms with Crippen molar-refractivity contribution in [3.05, 3.63) is 22.2 Å². The van der Waals surface area contributed by atoms with Gasteiger partial charge in [0.05, 0.1) is 0 Å². The molecule has 0 bridgehead atoms. The Hall–Kier alpha value is -0.740. The van der Waals surface area contributed by atoms with E-state index in [-0.39, 0.29) is 0 Å². The van der Waals surface area contributed by atoms with Crippen molar-refractivity contribution in [2.75, 3.05) is 13.1 Å². The minimum absolute atomic E-state index is 0.601. The normalized spacial score (nSPS) is 16.4. The zero-order chi connectivity index (χ0) is 11.5. The largest absolute Gasteiger partial charge is 0.333 e. The Kier molecular flexibility index (Phi) is 3.71. The molecule has 0 aromatic carbocycles. The number of hydrogen-bond donors (Lipinski definition) is 1. The van der Waals surface area contributed by atoms with Gasteiger partial charge in [-0.15, -0.1) is 0 Å². The molecule has 0 aliphatic carbocycles. The van der Waals surface area contributed by atoms with Crippen LogP contribution in [0.5, 0.6) is 0 Å². The number of rotatable bonds is 3. The van der Waals surface area contributed by atoms with Gasteiger partial charge in [0.15, 0.2) is 4.77 Å². The van der Waals surface area contributed by atoms with Crippen LogP contribution >= 0.6 is 12.2 Å². The highest BCUT2D eigenvalue weighted by molar-refractivity contribution is 7.71. The first-order chi connectivity index (χ1) is 7.65. The summed E-state index contributed by atoms with van der Waals surface area (Å²) in [4.78, 5) is 9.83. The molecule has 4 heteroatoms. The minimum Gasteiger partial charge on any atom is -0.333 e. The molecule has 0 spiro atoms. The maximum Gasteiger partial charge on any atom is 0.196 e. The monoisotopic (exact) mass is 237 g/mol. The summed E-state index contributed by atoms with van der Waals surface area (Å²) in [7, 11) is 0. The quantitative estimate of drug-likeness (QED) is 0.820. The zero-order valence-electron chi connectivity index (χ0n) is 9.99. The Morgan fingerprint density at radius 3 is 3.12 bits per heavy atom. The zero-order valence-corrected chi connectivity index (χ0v) is 10.8. The predicted octanol–water partition coefficient (Wildman–Crippen LogP) is 2.54. The minimum atomic E-state index is 0.601. The van der Waals surface area contributed by atoms with Gasteiger partial charge in [-0.05, 0) is 43.1 Å². The van der Waals surface area contributed by atoms with Crippen LogP contribution in [0.2, 0.25) is 0 Å². The summed E-state index contributed by atoms with van der Waals surface area (Å²) in [5, 5.41) is 0. The molecule has 0 fully saturated rings. The van der Waals surface area contributed by atoms with E-state index in [0.717, 1.165) is 25.4 Å². The van der Waals surface area contributed by atoms with Crippen molar-refractivity contribution < 1.29 is 0 Å². The molecule has 1 aromatic rings. The Balaban J connectivity index is 2.02. The molecular formula is C12H19N3S. The van der Waals surface area contributed by atoms with Crippen LogP contribution in [0, 0.1) is 10.7 Å². The van der Waals surface area contributed by atoms with E-state index in [9.17, 15) is 0 Å². The molecule has 1 aromatic heterocycles. The highest BCUT2D eigenvalue weighted by atomic mass is 32.1. The van der Waals surface area contributed by atoms with Gasteiger partial charge in [0.25, 0.3) is 0 Å². The van der Waals surface area contributed by atoms with Crippen molar-refractivity contribution in [3.63, 3.8) is 0 Å². The maximum atomic E-state index is 5.06. The second-order valence-corrected chi connectivity index (χ2v) is 5.29. The van der Waals surface area contributed by atoms with Gasteiger partial charge in [-0.25, -0.2) is 4.98 Å². The Morgan fingerprint density at radius 1 is 1.56 bits per heavy atom. The molecule has 0 atom stereocenters. The molecule has 88 valence electrons. The van der Waals surface area contributed by atoms with Crippen molar-refractivity contribution in [1.82, 2.24) is 14.9 Å². The first-order valence-corrected chi connectivity index (χ1v) is 6.35. The summed E-state index contributed by atoms with van der Waals surface area (Å²) in [6.45, 7) is 7.87. The molecule has 0 saturated carbocycles. The third-order valence-corrected chi connectivity index (χ3v) is 3.29. The SMILES string of the molecule is CC(C)CCN1CCc2cnc(=S)[nH]c2C1. The Labute approximate surface area is 102 Å². The average molecular weight is 237 g/mol. The van der Waals surface area contributed by atoms with Gasteiger partial charge in [0.2, 0.25) is 0 Å². The fourth-order valence-electron chi connectivity index (χ4n) is 2.03. The van der Waals surface area contributed by atoms with Gasteiger partial charge in [0, 0.05) is 25.0 Å². The predicted molar refractivity (Wildman–Crippen MR) is 67.9 cm³/mol. The standard InChI is InChI=1S/C12H19N3S/c1-9(2)3-5-15-6-4-10-7-13-12(16)14-11(10)8-15/h7,9H,3-6,8H2,1-2H3,(H,13,14,16). The summed E-state index contributed by atoms with van der Waals surface area (Å²) in [5.74, 6) is 0.775. The lowest BCUT2D eigenvalue weighted by Crippen LogP contribution is -2.32. The number of H-pyrrole nitrogens is 1. The van der Waals surface area contributed by atoms with E-state index < -0.39 is 0 Å². The molecule has 0 saturated heterocycles. The Bertz CT molecular complexity index is 411. The molecule has 2 rings (SSSR count). The molecule has 1 aliphatic heterocycles. The summed E-state index contributed by atoms with van der Waals surface area (Å²) in [6.07, 6.45) is 4.28. The van der Waals surface area contributed by atoms with Gasteiger partial charge in [0.1, 0.15) is 0 Å². The van der Waals surface area contributed by atoms with Crippen molar-refractivity contribution in [1.29, 1.82) is 0 Å². The second kappa shape index (κ2) is 5.06. The number of fused-ring (bicyclic) bond motifs is 1. The van der Waals surface area contributed by atoms with Crippen molar-refractivity contribution in [2.45, 2.75) is 33.2 Å². The van der Waals surface area contributed by atoms with Crippen LogP contribution in [0.3, 0.4) is 0 Å². The summed E-state index contributed by atoms with van der Waals surface area (Å²) >= 11 is 5.06. The lowest BCUT2D eigenvalue weighted by molar-refractivity contribution is 0.235. The maximum absolute atomic E-state index is 5.06.